The van der Waals surface area contributed by atoms with E-state index in [0.29, 0.717) is 5.92 Å². The van der Waals surface area contributed by atoms with Crippen LogP contribution < -0.4 is 11.1 Å². The van der Waals surface area contributed by atoms with E-state index >= 15 is 0 Å². The zero-order chi connectivity index (χ0) is 12.4. The first kappa shape index (κ1) is 12.1. The van der Waals surface area contributed by atoms with Gasteiger partial charge in [-0.3, -0.25) is 10.1 Å². The van der Waals surface area contributed by atoms with Crippen LogP contribution in [0.25, 0.3) is 0 Å². The van der Waals surface area contributed by atoms with Crippen molar-refractivity contribution < 1.29 is 4.79 Å². The van der Waals surface area contributed by atoms with E-state index in [0.717, 1.165) is 5.56 Å². The molecule has 17 heavy (non-hydrogen) atoms. The summed E-state index contributed by atoms with van der Waals surface area (Å²) in [5.41, 5.74) is 7.84. The number of hydrogen-bond acceptors (Lipinski definition) is 2. The lowest BCUT2D eigenvalue weighted by atomic mass is 9.96. The van der Waals surface area contributed by atoms with Gasteiger partial charge < -0.3 is 5.73 Å². The molecule has 0 radical (unpaired) electrons. The number of amides is 1. The predicted octanol–water partition coefficient (Wildman–Crippen LogP) is 2.09. The van der Waals surface area contributed by atoms with Gasteiger partial charge in [0.1, 0.15) is 6.04 Å². The molecule has 0 aliphatic heterocycles. The molecule has 2 rings (SSSR count). The maximum absolute atomic E-state index is 11.6. The monoisotopic (exact) mass is 232 g/mol. The Morgan fingerprint density at radius 1 is 1.35 bits per heavy atom. The molecule has 1 atom stereocenters. The molecule has 1 aromatic rings. The Labute approximate surface area is 102 Å². The van der Waals surface area contributed by atoms with Crippen molar-refractivity contribution in [1.82, 2.24) is 5.32 Å². The van der Waals surface area contributed by atoms with Crippen molar-refractivity contribution in [3.05, 3.63) is 35.4 Å². The standard InChI is InChI=1S/C14H20N2O/c1-9(2)16-13(14(15)17)12-6-4-3-5-11(12)10-7-8-10/h3-6,9-10,13,16H,7-8H2,1-2H3,(H2,15,17). The summed E-state index contributed by atoms with van der Waals surface area (Å²) < 4.78 is 0. The lowest BCUT2D eigenvalue weighted by molar-refractivity contribution is -0.120. The predicted molar refractivity (Wildman–Crippen MR) is 68.6 cm³/mol. The first-order valence-corrected chi connectivity index (χ1v) is 6.23. The Kier molecular flexibility index (Phi) is 3.48. The van der Waals surface area contributed by atoms with Gasteiger partial charge >= 0.3 is 0 Å². The molecule has 1 fully saturated rings. The first-order chi connectivity index (χ1) is 8.09. The Morgan fingerprint density at radius 3 is 2.53 bits per heavy atom. The van der Waals surface area contributed by atoms with Crippen LogP contribution in [-0.2, 0) is 4.79 Å². The summed E-state index contributed by atoms with van der Waals surface area (Å²) in [5.74, 6) is 0.328. The van der Waals surface area contributed by atoms with Crippen LogP contribution in [0.4, 0.5) is 0 Å². The SMILES string of the molecule is CC(C)NC(C(N)=O)c1ccccc1C1CC1. The highest BCUT2D eigenvalue weighted by Gasteiger charge is 2.29. The number of nitrogens with two attached hydrogens (primary N) is 1. The Morgan fingerprint density at radius 2 is 2.00 bits per heavy atom. The maximum atomic E-state index is 11.6. The third kappa shape index (κ3) is 2.86. The first-order valence-electron chi connectivity index (χ1n) is 6.23. The third-order valence-electron chi connectivity index (χ3n) is 3.11. The second kappa shape index (κ2) is 4.88. The van der Waals surface area contributed by atoms with Gasteiger partial charge in [0, 0.05) is 6.04 Å². The molecule has 1 unspecified atom stereocenters. The minimum atomic E-state index is -0.369. The fourth-order valence-corrected chi connectivity index (χ4v) is 2.20. The van der Waals surface area contributed by atoms with Crippen molar-refractivity contribution in [1.29, 1.82) is 0 Å². The van der Waals surface area contributed by atoms with E-state index in [1.165, 1.54) is 18.4 Å². The average molecular weight is 232 g/mol. The van der Waals surface area contributed by atoms with Crippen molar-refractivity contribution in [2.45, 2.75) is 44.7 Å². The lowest BCUT2D eigenvalue weighted by Gasteiger charge is -2.21. The second-order valence-electron chi connectivity index (χ2n) is 5.06. The van der Waals surface area contributed by atoms with Crippen LogP contribution in [0.15, 0.2) is 24.3 Å². The van der Waals surface area contributed by atoms with Gasteiger partial charge in [-0.05, 0) is 43.7 Å². The molecule has 1 aromatic carbocycles. The fourth-order valence-electron chi connectivity index (χ4n) is 2.20. The van der Waals surface area contributed by atoms with Gasteiger partial charge in [-0.25, -0.2) is 0 Å². The summed E-state index contributed by atoms with van der Waals surface area (Å²) in [6, 6.07) is 8.00. The minimum Gasteiger partial charge on any atom is -0.368 e. The van der Waals surface area contributed by atoms with Gasteiger partial charge in [0.15, 0.2) is 0 Å². The van der Waals surface area contributed by atoms with Gasteiger partial charge in [-0.1, -0.05) is 24.3 Å². The molecule has 0 bridgehead atoms. The van der Waals surface area contributed by atoms with Crippen molar-refractivity contribution in [2.75, 3.05) is 0 Å². The molecule has 0 spiro atoms. The van der Waals surface area contributed by atoms with Crippen molar-refractivity contribution in [3.8, 4) is 0 Å². The van der Waals surface area contributed by atoms with E-state index in [9.17, 15) is 4.79 Å². The molecule has 0 aromatic heterocycles. The molecule has 3 nitrogen and oxygen atoms in total. The molecule has 1 saturated carbocycles. The van der Waals surface area contributed by atoms with Gasteiger partial charge in [0.05, 0.1) is 0 Å². The fraction of sp³-hybridized carbons (Fsp3) is 0.500. The zero-order valence-corrected chi connectivity index (χ0v) is 10.4. The quantitative estimate of drug-likeness (QED) is 0.816. The number of nitrogens with one attached hydrogen (secondary N) is 1. The summed E-state index contributed by atoms with van der Waals surface area (Å²) >= 11 is 0. The number of primary amides is 1. The number of carbonyl (C=O) groups excluding carboxylic acids is 1. The lowest BCUT2D eigenvalue weighted by Crippen LogP contribution is -2.38. The topological polar surface area (TPSA) is 55.1 Å². The Hall–Kier alpha value is -1.35. The molecule has 0 saturated heterocycles. The maximum Gasteiger partial charge on any atom is 0.239 e. The van der Waals surface area contributed by atoms with E-state index in [1.54, 1.807) is 0 Å². The van der Waals surface area contributed by atoms with Gasteiger partial charge in [-0.2, -0.15) is 0 Å². The molecule has 92 valence electrons. The van der Waals surface area contributed by atoms with Crippen LogP contribution in [0.5, 0.6) is 0 Å². The third-order valence-corrected chi connectivity index (χ3v) is 3.11. The van der Waals surface area contributed by atoms with Crippen LogP contribution in [-0.4, -0.2) is 11.9 Å². The molecule has 3 N–H and O–H groups in total. The second-order valence-corrected chi connectivity index (χ2v) is 5.06. The number of rotatable bonds is 5. The Balaban J connectivity index is 2.31. The van der Waals surface area contributed by atoms with E-state index in [1.807, 2.05) is 32.0 Å². The highest BCUT2D eigenvalue weighted by molar-refractivity contribution is 5.82. The van der Waals surface area contributed by atoms with Gasteiger partial charge in [0.2, 0.25) is 5.91 Å². The van der Waals surface area contributed by atoms with Crippen LogP contribution in [0.3, 0.4) is 0 Å². The van der Waals surface area contributed by atoms with E-state index in [2.05, 4.69) is 11.4 Å². The van der Waals surface area contributed by atoms with E-state index in [-0.39, 0.29) is 18.0 Å². The minimum absolute atomic E-state index is 0.236. The molecule has 1 aliphatic carbocycles. The van der Waals surface area contributed by atoms with Gasteiger partial charge in [-0.15, -0.1) is 0 Å². The van der Waals surface area contributed by atoms with Crippen molar-refractivity contribution in [3.63, 3.8) is 0 Å². The van der Waals surface area contributed by atoms with Crippen LogP contribution in [0.1, 0.15) is 49.8 Å². The number of carbonyl (C=O) groups is 1. The highest BCUT2D eigenvalue weighted by Crippen LogP contribution is 2.42. The normalized spacial score (nSPS) is 17.1. The smallest absolute Gasteiger partial charge is 0.239 e. The van der Waals surface area contributed by atoms with Crippen molar-refractivity contribution >= 4 is 5.91 Å². The molecule has 1 amide bonds. The van der Waals surface area contributed by atoms with Crippen molar-refractivity contribution in [2.24, 2.45) is 5.73 Å². The summed E-state index contributed by atoms with van der Waals surface area (Å²) in [7, 11) is 0. The molecular formula is C14H20N2O. The largest absolute Gasteiger partial charge is 0.368 e. The summed E-state index contributed by atoms with van der Waals surface area (Å²) in [6.07, 6.45) is 2.45. The highest BCUT2D eigenvalue weighted by atomic mass is 16.1. The summed E-state index contributed by atoms with van der Waals surface area (Å²) in [6.45, 7) is 4.05. The van der Waals surface area contributed by atoms with Crippen LogP contribution in [0, 0.1) is 0 Å². The molecule has 1 aliphatic rings. The van der Waals surface area contributed by atoms with Gasteiger partial charge in [0.25, 0.3) is 0 Å². The number of hydrogen-bond donors (Lipinski definition) is 2. The van der Waals surface area contributed by atoms with Crippen LogP contribution in [0.2, 0.25) is 0 Å². The summed E-state index contributed by atoms with van der Waals surface area (Å²) in [4.78, 5) is 11.6. The molecule has 0 heterocycles. The molecule has 3 heteroatoms. The zero-order valence-electron chi connectivity index (χ0n) is 10.4. The number of benzene rings is 1. The average Bonchev–Trinajstić information content (AvgIpc) is 3.09. The Bertz CT molecular complexity index is 410. The molecular weight excluding hydrogens is 212 g/mol. The van der Waals surface area contributed by atoms with E-state index < -0.39 is 0 Å². The summed E-state index contributed by atoms with van der Waals surface area (Å²) in [5, 5.41) is 3.24. The van der Waals surface area contributed by atoms with Crippen LogP contribution >= 0.6 is 0 Å². The van der Waals surface area contributed by atoms with E-state index in [4.69, 9.17) is 5.73 Å².